The number of carbonyl (C=O) groups is 1. The van der Waals surface area contributed by atoms with Crippen molar-refractivity contribution in [3.05, 3.63) is 64.0 Å². The van der Waals surface area contributed by atoms with Gasteiger partial charge in [-0.15, -0.1) is 0 Å². The van der Waals surface area contributed by atoms with Gasteiger partial charge in [0.1, 0.15) is 0 Å². The number of carbonyl (C=O) groups excluding carboxylic acids is 1. The number of nitrogens with one attached hydrogen (secondary N) is 1. The summed E-state index contributed by atoms with van der Waals surface area (Å²) in [5.41, 5.74) is 14.2. The number of hydrogen-bond donors (Lipinski definition) is 1. The third-order valence-corrected chi connectivity index (χ3v) is 4.05. The van der Waals surface area contributed by atoms with Gasteiger partial charge in [0.05, 0.1) is 0 Å². The minimum absolute atomic E-state index is 0.00129. The molecule has 0 aromatic heterocycles. The van der Waals surface area contributed by atoms with E-state index in [4.69, 9.17) is 5.53 Å². The summed E-state index contributed by atoms with van der Waals surface area (Å²) in [5, 5.41) is 6.41. The fourth-order valence-electron chi connectivity index (χ4n) is 2.96. The highest BCUT2D eigenvalue weighted by Crippen LogP contribution is 2.37. The van der Waals surface area contributed by atoms with Crippen molar-refractivity contribution < 1.29 is 4.79 Å². The fraction of sp³-hybridized carbons (Fsp3) is 0.278. The normalized spacial score (nSPS) is 11.3. The van der Waals surface area contributed by atoms with E-state index in [0.717, 1.165) is 24.9 Å². The number of azide groups is 1. The number of amides is 1. The van der Waals surface area contributed by atoms with Gasteiger partial charge in [-0.1, -0.05) is 35.4 Å². The molecule has 0 fully saturated rings. The fourth-order valence-corrected chi connectivity index (χ4v) is 2.96. The van der Waals surface area contributed by atoms with Crippen LogP contribution in [0.4, 0.5) is 5.69 Å². The van der Waals surface area contributed by atoms with Crippen molar-refractivity contribution in [2.45, 2.75) is 25.7 Å². The molecule has 0 saturated carbocycles. The first-order valence-electron chi connectivity index (χ1n) is 7.80. The number of benzene rings is 2. The van der Waals surface area contributed by atoms with Gasteiger partial charge in [0.25, 0.3) is 0 Å². The molecule has 2 aromatic carbocycles. The molecule has 1 aliphatic carbocycles. The van der Waals surface area contributed by atoms with Gasteiger partial charge in [0, 0.05) is 23.6 Å². The Morgan fingerprint density at radius 1 is 1.13 bits per heavy atom. The molecule has 0 unspecified atom stereocenters. The molecule has 0 radical (unpaired) electrons. The molecule has 0 bridgehead atoms. The van der Waals surface area contributed by atoms with Crippen LogP contribution in [0.5, 0.6) is 0 Å². The van der Waals surface area contributed by atoms with Gasteiger partial charge in [-0.25, -0.2) is 0 Å². The summed E-state index contributed by atoms with van der Waals surface area (Å²) in [7, 11) is 0. The second kappa shape index (κ2) is 6.99. The first-order valence-corrected chi connectivity index (χ1v) is 7.80. The molecule has 1 amide bonds. The van der Waals surface area contributed by atoms with Crippen LogP contribution in [-0.2, 0) is 11.2 Å². The standard InChI is InChI=1S/C18H18N4O/c19-22-20-10-4-3-7-18(23)21-15-8-9-17-14(12-15)11-13-5-1-2-6-16(13)17/h1-2,5-6,8-9,12H,3-4,7,10-11H2,(H,21,23). The van der Waals surface area contributed by atoms with Crippen molar-refractivity contribution >= 4 is 11.6 Å². The van der Waals surface area contributed by atoms with Gasteiger partial charge in [-0.05, 0) is 59.2 Å². The van der Waals surface area contributed by atoms with Crippen LogP contribution in [0.25, 0.3) is 21.6 Å². The van der Waals surface area contributed by atoms with Gasteiger partial charge in [0.2, 0.25) is 5.91 Å². The molecule has 0 heterocycles. The lowest BCUT2D eigenvalue weighted by molar-refractivity contribution is -0.116. The first-order chi connectivity index (χ1) is 11.3. The highest BCUT2D eigenvalue weighted by atomic mass is 16.1. The average Bonchev–Trinajstić information content (AvgIpc) is 2.92. The van der Waals surface area contributed by atoms with Crippen molar-refractivity contribution in [1.29, 1.82) is 0 Å². The molecule has 0 spiro atoms. The Morgan fingerprint density at radius 3 is 2.83 bits per heavy atom. The Hall–Kier alpha value is -2.78. The number of rotatable bonds is 6. The van der Waals surface area contributed by atoms with Crippen molar-refractivity contribution in [3.8, 4) is 11.1 Å². The van der Waals surface area contributed by atoms with Crippen LogP contribution in [0, 0.1) is 0 Å². The maximum atomic E-state index is 11.9. The Bertz CT molecular complexity index is 778. The van der Waals surface area contributed by atoms with Gasteiger partial charge in [-0.3, -0.25) is 4.79 Å². The van der Waals surface area contributed by atoms with Crippen LogP contribution in [0.3, 0.4) is 0 Å². The molecule has 0 atom stereocenters. The molecule has 116 valence electrons. The average molecular weight is 306 g/mol. The SMILES string of the molecule is [N-]=[N+]=NCCCCC(=O)Nc1ccc2c(c1)Cc1ccccc1-2. The van der Waals surface area contributed by atoms with E-state index in [1.807, 2.05) is 6.07 Å². The lowest BCUT2D eigenvalue weighted by Gasteiger charge is -2.07. The molecule has 1 aliphatic rings. The molecule has 5 nitrogen and oxygen atoms in total. The largest absolute Gasteiger partial charge is 0.326 e. The smallest absolute Gasteiger partial charge is 0.224 e. The second-order valence-electron chi connectivity index (χ2n) is 5.67. The number of fused-ring (bicyclic) bond motifs is 3. The number of hydrogen-bond acceptors (Lipinski definition) is 2. The van der Waals surface area contributed by atoms with E-state index in [9.17, 15) is 4.79 Å². The van der Waals surface area contributed by atoms with Crippen LogP contribution in [0.15, 0.2) is 47.6 Å². The lowest BCUT2D eigenvalue weighted by Crippen LogP contribution is -2.11. The molecule has 0 aliphatic heterocycles. The molecule has 0 saturated heterocycles. The summed E-state index contributed by atoms with van der Waals surface area (Å²) in [4.78, 5) is 14.6. The van der Waals surface area contributed by atoms with E-state index in [2.05, 4.69) is 51.7 Å². The lowest BCUT2D eigenvalue weighted by atomic mass is 10.1. The van der Waals surface area contributed by atoms with Gasteiger partial charge in [0.15, 0.2) is 0 Å². The molecular weight excluding hydrogens is 288 g/mol. The summed E-state index contributed by atoms with van der Waals surface area (Å²) in [6.45, 7) is 0.445. The third kappa shape index (κ3) is 3.52. The minimum Gasteiger partial charge on any atom is -0.326 e. The molecule has 5 heteroatoms. The zero-order chi connectivity index (χ0) is 16.1. The van der Waals surface area contributed by atoms with Crippen LogP contribution in [-0.4, -0.2) is 12.5 Å². The highest BCUT2D eigenvalue weighted by Gasteiger charge is 2.18. The summed E-state index contributed by atoms with van der Waals surface area (Å²) < 4.78 is 0. The number of unbranched alkanes of at least 4 members (excludes halogenated alkanes) is 1. The first kappa shape index (κ1) is 15.1. The maximum absolute atomic E-state index is 11.9. The van der Waals surface area contributed by atoms with Crippen molar-refractivity contribution in [2.75, 3.05) is 11.9 Å². The number of nitrogens with zero attached hydrogens (tertiary/aromatic N) is 3. The van der Waals surface area contributed by atoms with Gasteiger partial charge >= 0.3 is 0 Å². The Balaban J connectivity index is 1.59. The van der Waals surface area contributed by atoms with Crippen molar-refractivity contribution in [1.82, 2.24) is 0 Å². The van der Waals surface area contributed by atoms with Crippen LogP contribution < -0.4 is 5.32 Å². The second-order valence-corrected chi connectivity index (χ2v) is 5.67. The van der Waals surface area contributed by atoms with E-state index < -0.39 is 0 Å². The monoisotopic (exact) mass is 306 g/mol. The van der Waals surface area contributed by atoms with Crippen LogP contribution >= 0.6 is 0 Å². The van der Waals surface area contributed by atoms with Crippen molar-refractivity contribution in [2.24, 2.45) is 5.11 Å². The molecular formula is C18H18N4O. The number of anilines is 1. The van der Waals surface area contributed by atoms with E-state index in [0.29, 0.717) is 13.0 Å². The Morgan fingerprint density at radius 2 is 1.96 bits per heavy atom. The topological polar surface area (TPSA) is 77.9 Å². The third-order valence-electron chi connectivity index (χ3n) is 4.05. The zero-order valence-electron chi connectivity index (χ0n) is 12.8. The molecule has 3 rings (SSSR count). The van der Waals surface area contributed by atoms with Crippen molar-refractivity contribution in [3.63, 3.8) is 0 Å². The summed E-state index contributed by atoms with van der Waals surface area (Å²) in [6.07, 6.45) is 2.82. The molecule has 2 aromatic rings. The van der Waals surface area contributed by atoms with Crippen LogP contribution in [0.1, 0.15) is 30.4 Å². The maximum Gasteiger partial charge on any atom is 0.224 e. The summed E-state index contributed by atoms with van der Waals surface area (Å²) >= 11 is 0. The summed E-state index contributed by atoms with van der Waals surface area (Å²) in [5.74, 6) is 0.00129. The van der Waals surface area contributed by atoms with E-state index in [1.165, 1.54) is 22.3 Å². The van der Waals surface area contributed by atoms with E-state index >= 15 is 0 Å². The predicted molar refractivity (Wildman–Crippen MR) is 91.2 cm³/mol. The van der Waals surface area contributed by atoms with Crippen LogP contribution in [0.2, 0.25) is 0 Å². The van der Waals surface area contributed by atoms with E-state index in [-0.39, 0.29) is 5.91 Å². The van der Waals surface area contributed by atoms with Gasteiger partial charge < -0.3 is 5.32 Å². The molecule has 23 heavy (non-hydrogen) atoms. The predicted octanol–water partition coefficient (Wildman–Crippen LogP) is 4.68. The minimum atomic E-state index is 0.00129. The van der Waals surface area contributed by atoms with E-state index in [1.54, 1.807) is 0 Å². The Kier molecular flexibility index (Phi) is 4.60. The summed E-state index contributed by atoms with van der Waals surface area (Å²) in [6, 6.07) is 14.5. The quantitative estimate of drug-likeness (QED) is 0.305. The molecule has 1 N–H and O–H groups in total. The zero-order valence-corrected chi connectivity index (χ0v) is 12.8. The highest BCUT2D eigenvalue weighted by molar-refractivity contribution is 5.91. The van der Waals surface area contributed by atoms with Gasteiger partial charge in [-0.2, -0.15) is 0 Å². The Labute approximate surface area is 135 Å².